The second kappa shape index (κ2) is 43.4. The molecule has 2 fully saturated rings. The van der Waals surface area contributed by atoms with Crippen LogP contribution in [0.5, 0.6) is 0 Å². The first-order chi connectivity index (χ1) is 34.6. The smallest absolute Gasteiger partial charge is 0.220 e. The number of rotatable bonds is 45. The van der Waals surface area contributed by atoms with E-state index in [2.05, 4.69) is 43.5 Å². The van der Waals surface area contributed by atoms with Crippen molar-refractivity contribution in [3.05, 3.63) is 36.5 Å². The van der Waals surface area contributed by atoms with Gasteiger partial charge in [-0.05, 0) is 44.9 Å². The minimum absolute atomic E-state index is 0.260. The molecule has 416 valence electrons. The fourth-order valence-corrected chi connectivity index (χ4v) is 9.38. The maximum absolute atomic E-state index is 13.0. The molecule has 14 nitrogen and oxygen atoms in total. The second-order valence-electron chi connectivity index (χ2n) is 20.4. The Bertz CT molecular complexity index is 1330. The van der Waals surface area contributed by atoms with Gasteiger partial charge in [0, 0.05) is 6.42 Å². The molecule has 71 heavy (non-hydrogen) atoms. The molecule has 1 amide bonds. The molecule has 0 radical (unpaired) electrons. The Hall–Kier alpha value is -1.79. The number of ether oxygens (including phenoxy) is 4. The number of hydrogen-bond acceptors (Lipinski definition) is 13. The minimum Gasteiger partial charge on any atom is -0.394 e. The largest absolute Gasteiger partial charge is 0.394 e. The number of unbranched alkanes of at least 4 members (excludes halogenated alkanes) is 28. The van der Waals surface area contributed by atoms with Crippen molar-refractivity contribution in [2.24, 2.45) is 0 Å². The van der Waals surface area contributed by atoms with Gasteiger partial charge in [-0.1, -0.05) is 211 Å². The van der Waals surface area contributed by atoms with Crippen molar-refractivity contribution >= 4 is 5.91 Å². The molecule has 0 saturated carbocycles. The summed E-state index contributed by atoms with van der Waals surface area (Å²) in [4.78, 5) is 13.0. The molecule has 0 bridgehead atoms. The fourth-order valence-electron chi connectivity index (χ4n) is 9.38. The Morgan fingerprint density at radius 2 is 0.901 bits per heavy atom. The van der Waals surface area contributed by atoms with Crippen LogP contribution in [-0.4, -0.2) is 140 Å². The van der Waals surface area contributed by atoms with E-state index in [1.165, 1.54) is 141 Å². The molecule has 0 aromatic heterocycles. The van der Waals surface area contributed by atoms with Gasteiger partial charge in [0.2, 0.25) is 5.91 Å². The van der Waals surface area contributed by atoms with Gasteiger partial charge in [0.05, 0.1) is 32.0 Å². The maximum Gasteiger partial charge on any atom is 0.220 e. The van der Waals surface area contributed by atoms with Crippen molar-refractivity contribution in [2.45, 2.75) is 299 Å². The van der Waals surface area contributed by atoms with Gasteiger partial charge in [-0.2, -0.15) is 0 Å². The lowest BCUT2D eigenvalue weighted by molar-refractivity contribution is -0.359. The molecule has 14 heteroatoms. The Morgan fingerprint density at radius 1 is 0.493 bits per heavy atom. The average Bonchev–Trinajstić information content (AvgIpc) is 3.37. The number of carbonyl (C=O) groups is 1. The molecule has 2 saturated heterocycles. The summed E-state index contributed by atoms with van der Waals surface area (Å²) < 4.78 is 22.6. The molecule has 0 aromatic carbocycles. The first-order valence-corrected chi connectivity index (χ1v) is 28.7. The van der Waals surface area contributed by atoms with Crippen LogP contribution in [0, 0.1) is 0 Å². The molecule has 2 aliphatic heterocycles. The summed E-state index contributed by atoms with van der Waals surface area (Å²) in [5, 5.41) is 86.6. The van der Waals surface area contributed by atoms with E-state index >= 15 is 0 Å². The Morgan fingerprint density at radius 3 is 1.38 bits per heavy atom. The average molecular weight is 1010 g/mol. The summed E-state index contributed by atoms with van der Waals surface area (Å²) in [7, 11) is 0. The van der Waals surface area contributed by atoms with E-state index in [0.29, 0.717) is 12.8 Å². The molecule has 0 aliphatic carbocycles. The predicted molar refractivity (Wildman–Crippen MR) is 281 cm³/mol. The molecule has 0 spiro atoms. The Balaban J connectivity index is 1.68. The van der Waals surface area contributed by atoms with Crippen LogP contribution in [0.2, 0.25) is 0 Å². The zero-order valence-electron chi connectivity index (χ0n) is 44.5. The number of amides is 1. The van der Waals surface area contributed by atoms with Crippen LogP contribution in [0.15, 0.2) is 36.5 Å². The zero-order chi connectivity index (χ0) is 51.7. The number of nitrogens with one attached hydrogen (secondary N) is 1. The molecule has 12 unspecified atom stereocenters. The Kier molecular flexibility index (Phi) is 40.0. The molecule has 2 rings (SSSR count). The van der Waals surface area contributed by atoms with Crippen LogP contribution >= 0.6 is 0 Å². The van der Waals surface area contributed by atoms with E-state index in [0.717, 1.165) is 51.4 Å². The molecule has 9 N–H and O–H groups in total. The number of allylic oxidation sites excluding steroid dienone is 5. The molecular weight excluding hydrogens is 907 g/mol. The van der Waals surface area contributed by atoms with Crippen LogP contribution in [0.3, 0.4) is 0 Å². The van der Waals surface area contributed by atoms with Crippen LogP contribution < -0.4 is 5.32 Å². The highest BCUT2D eigenvalue weighted by Crippen LogP contribution is 2.30. The number of hydrogen-bond donors (Lipinski definition) is 9. The van der Waals surface area contributed by atoms with E-state index in [4.69, 9.17) is 18.9 Å². The van der Waals surface area contributed by atoms with E-state index in [-0.39, 0.29) is 18.9 Å². The summed E-state index contributed by atoms with van der Waals surface area (Å²) in [5.41, 5.74) is 0. The third-order valence-electron chi connectivity index (χ3n) is 14.1. The number of aliphatic hydroxyl groups excluding tert-OH is 8. The van der Waals surface area contributed by atoms with Crippen molar-refractivity contribution in [1.82, 2.24) is 5.32 Å². The SMILES string of the molecule is CCCCCCCCCCCCCCCCCCCCCC/C=C/CC/C=C/CC/C=C/C(O)C(COC1OC(CO)C(OC2OC(CO)C(O)C(O)C2O)C(O)C1O)NC(=O)CCCCCCCCC. The Labute approximate surface area is 430 Å². The van der Waals surface area contributed by atoms with Crippen molar-refractivity contribution < 1.29 is 64.6 Å². The molecule has 12 atom stereocenters. The number of carbonyl (C=O) groups excluding carboxylic acids is 1. The summed E-state index contributed by atoms with van der Waals surface area (Å²) in [6.45, 7) is 2.71. The van der Waals surface area contributed by atoms with Crippen molar-refractivity contribution in [1.29, 1.82) is 0 Å². The molecule has 2 heterocycles. The van der Waals surface area contributed by atoms with Gasteiger partial charge in [0.1, 0.15) is 48.8 Å². The van der Waals surface area contributed by atoms with Crippen LogP contribution in [0.25, 0.3) is 0 Å². The minimum atomic E-state index is -1.79. The lowest BCUT2D eigenvalue weighted by Gasteiger charge is -2.46. The highest BCUT2D eigenvalue weighted by Gasteiger charge is 2.51. The first-order valence-electron chi connectivity index (χ1n) is 28.7. The highest BCUT2D eigenvalue weighted by atomic mass is 16.7. The van der Waals surface area contributed by atoms with Gasteiger partial charge < -0.3 is 65.1 Å². The summed E-state index contributed by atoms with van der Waals surface area (Å²) in [6, 6.07) is -0.932. The van der Waals surface area contributed by atoms with Gasteiger partial charge in [-0.15, -0.1) is 0 Å². The molecule has 0 aromatic rings. The van der Waals surface area contributed by atoms with E-state index < -0.39 is 86.8 Å². The van der Waals surface area contributed by atoms with E-state index in [1.54, 1.807) is 6.08 Å². The van der Waals surface area contributed by atoms with Crippen molar-refractivity contribution in [2.75, 3.05) is 19.8 Å². The first kappa shape index (κ1) is 65.3. The fraction of sp³-hybridized carbons (Fsp3) is 0.877. The molecular formula is C57H105NO13. The van der Waals surface area contributed by atoms with E-state index in [9.17, 15) is 45.6 Å². The normalized spacial score (nSPS) is 26.0. The maximum atomic E-state index is 13.0. The van der Waals surface area contributed by atoms with Gasteiger partial charge in [-0.3, -0.25) is 4.79 Å². The topological polar surface area (TPSA) is 228 Å². The number of aliphatic hydroxyl groups is 8. The van der Waals surface area contributed by atoms with Crippen LogP contribution in [0.1, 0.15) is 226 Å². The third-order valence-corrected chi connectivity index (χ3v) is 14.1. The van der Waals surface area contributed by atoms with E-state index in [1.807, 2.05) is 6.08 Å². The zero-order valence-corrected chi connectivity index (χ0v) is 44.5. The van der Waals surface area contributed by atoms with Gasteiger partial charge >= 0.3 is 0 Å². The lowest BCUT2D eigenvalue weighted by Crippen LogP contribution is -2.65. The van der Waals surface area contributed by atoms with Gasteiger partial charge in [-0.25, -0.2) is 0 Å². The van der Waals surface area contributed by atoms with Gasteiger partial charge in [0.25, 0.3) is 0 Å². The summed E-state index contributed by atoms with van der Waals surface area (Å²) in [6.07, 6.45) is 35.4. The summed E-state index contributed by atoms with van der Waals surface area (Å²) >= 11 is 0. The monoisotopic (exact) mass is 1010 g/mol. The van der Waals surface area contributed by atoms with Crippen molar-refractivity contribution in [3.63, 3.8) is 0 Å². The second-order valence-corrected chi connectivity index (χ2v) is 20.4. The van der Waals surface area contributed by atoms with Gasteiger partial charge in [0.15, 0.2) is 12.6 Å². The molecule has 2 aliphatic rings. The third kappa shape index (κ3) is 29.8. The lowest BCUT2D eigenvalue weighted by atomic mass is 9.97. The quantitative estimate of drug-likeness (QED) is 0.0205. The van der Waals surface area contributed by atoms with Crippen LogP contribution in [-0.2, 0) is 23.7 Å². The van der Waals surface area contributed by atoms with Crippen LogP contribution in [0.4, 0.5) is 0 Å². The van der Waals surface area contributed by atoms with Crippen molar-refractivity contribution in [3.8, 4) is 0 Å². The standard InChI is InChI=1S/C57H105NO13/c1-3-5-7-9-11-12-13-14-15-16-17-18-19-20-21-22-23-24-25-26-27-28-29-30-31-32-33-35-36-38-40-46(61)45(58-49(62)41-39-37-34-10-8-6-4-2)44-68-56-54(67)52(65)55(48(43-60)70-56)71-57-53(66)51(64)50(63)47(42-59)69-57/h28-29,32-33,38,40,45-48,50-57,59-61,63-67H,3-27,30-31,34-37,39,41-44H2,1-2H3,(H,58,62)/b29-28+,33-32+,40-38+. The summed E-state index contributed by atoms with van der Waals surface area (Å²) in [5.74, 6) is -0.260. The predicted octanol–water partition coefficient (Wildman–Crippen LogP) is 9.05. The highest BCUT2D eigenvalue weighted by molar-refractivity contribution is 5.76.